The number of nitrogens with zero attached hydrogens (tertiary/aromatic N) is 1. The number of halogens is 1. The van der Waals surface area contributed by atoms with E-state index in [2.05, 4.69) is 0 Å². The molecule has 0 fully saturated rings. The molecule has 5 heteroatoms. The molecule has 0 radical (unpaired) electrons. The van der Waals surface area contributed by atoms with Gasteiger partial charge in [0.2, 0.25) is 0 Å². The number of rotatable bonds is 4. The van der Waals surface area contributed by atoms with Crippen molar-refractivity contribution in [3.8, 4) is 0 Å². The average molecular weight is 365 g/mol. The van der Waals surface area contributed by atoms with E-state index in [9.17, 15) is 14.0 Å². The Morgan fingerprint density at radius 3 is 2.41 bits per heavy atom. The van der Waals surface area contributed by atoms with Crippen molar-refractivity contribution in [2.24, 2.45) is 0 Å². The number of esters is 1. The molecule has 1 amide bonds. The third-order valence-electron chi connectivity index (χ3n) is 4.38. The van der Waals surface area contributed by atoms with Gasteiger partial charge < -0.3 is 4.74 Å². The highest BCUT2D eigenvalue weighted by atomic mass is 19.1. The molecule has 2 aromatic rings. The highest BCUT2D eigenvalue weighted by Crippen LogP contribution is 2.35. The third-order valence-corrected chi connectivity index (χ3v) is 4.38. The lowest BCUT2D eigenvalue weighted by molar-refractivity contribution is -0.138. The average Bonchev–Trinajstić information content (AvgIpc) is 2.88. The molecule has 0 saturated carbocycles. The van der Waals surface area contributed by atoms with Gasteiger partial charge in [0.1, 0.15) is 5.82 Å². The second-order valence-corrected chi connectivity index (χ2v) is 6.24. The Balaban J connectivity index is 2.14. The molecule has 4 nitrogen and oxygen atoms in total. The molecule has 0 saturated heterocycles. The molecule has 1 heterocycles. The quantitative estimate of drug-likeness (QED) is 0.596. The molecule has 0 atom stereocenters. The standard InChI is InChI=1S/C22H20FNO3/c1-4-27-22(26)20-15(3)24(17-11-9-14(2)10-12-17)21(25)18(20)13-16-7-5-6-8-19(16)23/h5-13H,4H2,1-3H3/b18-13-. The fourth-order valence-electron chi connectivity index (χ4n) is 3.03. The summed E-state index contributed by atoms with van der Waals surface area (Å²) in [7, 11) is 0. The SMILES string of the molecule is CCOC(=O)C1=C(C)N(c2ccc(C)cc2)C(=O)/C1=C\c1ccccc1F. The molecule has 27 heavy (non-hydrogen) atoms. The lowest BCUT2D eigenvalue weighted by Crippen LogP contribution is -2.24. The lowest BCUT2D eigenvalue weighted by atomic mass is 10.0. The number of carbonyl (C=O) groups excluding carboxylic acids is 2. The van der Waals surface area contributed by atoms with E-state index in [-0.39, 0.29) is 29.2 Å². The highest BCUT2D eigenvalue weighted by Gasteiger charge is 2.38. The fourth-order valence-corrected chi connectivity index (χ4v) is 3.03. The molecular weight excluding hydrogens is 345 g/mol. The third kappa shape index (κ3) is 3.53. The minimum Gasteiger partial charge on any atom is -0.462 e. The van der Waals surface area contributed by atoms with Crippen LogP contribution in [0.25, 0.3) is 6.08 Å². The van der Waals surface area contributed by atoms with Gasteiger partial charge in [-0.1, -0.05) is 35.9 Å². The Labute approximate surface area is 157 Å². The Bertz CT molecular complexity index is 958. The van der Waals surface area contributed by atoms with Gasteiger partial charge in [0.15, 0.2) is 0 Å². The van der Waals surface area contributed by atoms with Gasteiger partial charge in [-0.15, -0.1) is 0 Å². The smallest absolute Gasteiger partial charge is 0.340 e. The van der Waals surface area contributed by atoms with Crippen molar-refractivity contribution < 1.29 is 18.7 Å². The summed E-state index contributed by atoms with van der Waals surface area (Å²) < 4.78 is 19.2. The first kappa shape index (κ1) is 18.6. The number of allylic oxidation sites excluding steroid dienone is 1. The summed E-state index contributed by atoms with van der Waals surface area (Å²) in [6.45, 7) is 5.52. The summed E-state index contributed by atoms with van der Waals surface area (Å²) in [5.41, 5.74) is 2.68. The summed E-state index contributed by atoms with van der Waals surface area (Å²) in [4.78, 5) is 27.1. The van der Waals surface area contributed by atoms with Crippen molar-refractivity contribution in [3.05, 3.63) is 82.3 Å². The van der Waals surface area contributed by atoms with Gasteiger partial charge in [0.05, 0.1) is 17.8 Å². The van der Waals surface area contributed by atoms with Gasteiger partial charge in [0.25, 0.3) is 5.91 Å². The summed E-state index contributed by atoms with van der Waals surface area (Å²) in [5, 5.41) is 0. The van der Waals surface area contributed by atoms with Gasteiger partial charge in [-0.3, -0.25) is 9.69 Å². The van der Waals surface area contributed by atoms with E-state index in [4.69, 9.17) is 4.74 Å². The topological polar surface area (TPSA) is 46.6 Å². The van der Waals surface area contributed by atoms with Crippen LogP contribution in [0.2, 0.25) is 0 Å². The van der Waals surface area contributed by atoms with E-state index in [1.807, 2.05) is 31.2 Å². The molecule has 0 unspecified atom stereocenters. The van der Waals surface area contributed by atoms with E-state index >= 15 is 0 Å². The Morgan fingerprint density at radius 2 is 1.78 bits per heavy atom. The van der Waals surface area contributed by atoms with E-state index in [1.54, 1.807) is 32.0 Å². The summed E-state index contributed by atoms with van der Waals surface area (Å²) in [6, 6.07) is 13.5. The summed E-state index contributed by atoms with van der Waals surface area (Å²) in [5.74, 6) is -1.45. The molecular formula is C22H20FNO3. The van der Waals surface area contributed by atoms with Gasteiger partial charge in [-0.25, -0.2) is 9.18 Å². The van der Waals surface area contributed by atoms with Gasteiger partial charge in [-0.05, 0) is 45.0 Å². The van der Waals surface area contributed by atoms with Crippen LogP contribution in [0.15, 0.2) is 65.4 Å². The van der Waals surface area contributed by atoms with Crippen molar-refractivity contribution >= 4 is 23.6 Å². The van der Waals surface area contributed by atoms with Crippen molar-refractivity contribution in [2.45, 2.75) is 20.8 Å². The molecule has 138 valence electrons. The Morgan fingerprint density at radius 1 is 1.11 bits per heavy atom. The van der Waals surface area contributed by atoms with E-state index in [0.29, 0.717) is 11.4 Å². The van der Waals surface area contributed by atoms with Crippen LogP contribution in [0.1, 0.15) is 25.0 Å². The molecule has 3 rings (SSSR count). The van der Waals surface area contributed by atoms with Crippen LogP contribution in [0, 0.1) is 12.7 Å². The van der Waals surface area contributed by atoms with Crippen LogP contribution in [0.3, 0.4) is 0 Å². The Kier molecular flexibility index (Phi) is 5.21. The van der Waals surface area contributed by atoms with Crippen LogP contribution in [0.4, 0.5) is 10.1 Å². The highest BCUT2D eigenvalue weighted by molar-refractivity contribution is 6.23. The first-order chi connectivity index (χ1) is 12.9. The zero-order chi connectivity index (χ0) is 19.6. The maximum absolute atomic E-state index is 14.1. The van der Waals surface area contributed by atoms with Crippen LogP contribution >= 0.6 is 0 Å². The number of amides is 1. The van der Waals surface area contributed by atoms with Crippen molar-refractivity contribution in [2.75, 3.05) is 11.5 Å². The molecule has 0 bridgehead atoms. The van der Waals surface area contributed by atoms with E-state index in [0.717, 1.165) is 5.56 Å². The number of benzene rings is 2. The van der Waals surface area contributed by atoms with Crippen molar-refractivity contribution in [1.29, 1.82) is 0 Å². The number of carbonyl (C=O) groups is 2. The predicted octanol–water partition coefficient (Wildman–Crippen LogP) is 4.40. The number of hydrogen-bond donors (Lipinski definition) is 0. The second kappa shape index (κ2) is 7.58. The van der Waals surface area contributed by atoms with Crippen LogP contribution < -0.4 is 4.90 Å². The first-order valence-electron chi connectivity index (χ1n) is 8.69. The maximum atomic E-state index is 14.1. The normalized spacial score (nSPS) is 15.6. The zero-order valence-corrected chi connectivity index (χ0v) is 15.5. The predicted molar refractivity (Wildman–Crippen MR) is 102 cm³/mol. The van der Waals surface area contributed by atoms with Crippen molar-refractivity contribution in [1.82, 2.24) is 0 Å². The molecule has 0 aliphatic carbocycles. The summed E-state index contributed by atoms with van der Waals surface area (Å²) >= 11 is 0. The van der Waals surface area contributed by atoms with Crippen molar-refractivity contribution in [3.63, 3.8) is 0 Å². The van der Waals surface area contributed by atoms with E-state index < -0.39 is 11.8 Å². The number of hydrogen-bond acceptors (Lipinski definition) is 3. The first-order valence-corrected chi connectivity index (χ1v) is 8.69. The second-order valence-electron chi connectivity index (χ2n) is 6.24. The molecule has 0 spiro atoms. The van der Waals surface area contributed by atoms with Gasteiger partial charge >= 0.3 is 5.97 Å². The van der Waals surface area contributed by atoms with Gasteiger partial charge in [-0.2, -0.15) is 0 Å². The van der Waals surface area contributed by atoms with Crippen LogP contribution in [0.5, 0.6) is 0 Å². The largest absolute Gasteiger partial charge is 0.462 e. The van der Waals surface area contributed by atoms with Crippen LogP contribution in [-0.2, 0) is 14.3 Å². The molecule has 0 N–H and O–H groups in total. The molecule has 1 aliphatic rings. The monoisotopic (exact) mass is 365 g/mol. The zero-order valence-electron chi connectivity index (χ0n) is 15.5. The number of ether oxygens (including phenoxy) is 1. The van der Waals surface area contributed by atoms with E-state index in [1.165, 1.54) is 17.0 Å². The van der Waals surface area contributed by atoms with Gasteiger partial charge in [0, 0.05) is 16.9 Å². The fraction of sp³-hybridized carbons (Fsp3) is 0.182. The maximum Gasteiger partial charge on any atom is 0.340 e. The minimum atomic E-state index is -0.597. The molecule has 2 aromatic carbocycles. The number of anilines is 1. The minimum absolute atomic E-state index is 0.122. The Hall–Kier alpha value is -3.21. The molecule has 1 aliphatic heterocycles. The summed E-state index contributed by atoms with van der Waals surface area (Å²) in [6.07, 6.45) is 1.40. The lowest BCUT2D eigenvalue weighted by Gasteiger charge is -2.18. The number of aryl methyl sites for hydroxylation is 1. The molecule has 0 aromatic heterocycles. The van der Waals surface area contributed by atoms with Crippen LogP contribution in [-0.4, -0.2) is 18.5 Å².